The molecule has 6 heteroatoms. The van der Waals surface area contributed by atoms with Crippen LogP contribution in [0.5, 0.6) is 0 Å². The molecule has 0 amide bonds. The van der Waals surface area contributed by atoms with Gasteiger partial charge in [0.05, 0.1) is 12.8 Å². The van der Waals surface area contributed by atoms with Crippen molar-refractivity contribution in [3.05, 3.63) is 28.5 Å². The summed E-state index contributed by atoms with van der Waals surface area (Å²) < 4.78 is 11.6. The summed E-state index contributed by atoms with van der Waals surface area (Å²) in [6.07, 6.45) is 0. The normalized spacial score (nSPS) is 12.2. The fourth-order valence-corrected chi connectivity index (χ4v) is 2.94. The number of nitrogens with one attached hydrogen (secondary N) is 1. The molecule has 0 radical (unpaired) electrons. The summed E-state index contributed by atoms with van der Waals surface area (Å²) in [6.45, 7) is 14.8. The summed E-state index contributed by atoms with van der Waals surface area (Å²) in [5, 5.41) is 0.0835. The van der Waals surface area contributed by atoms with Gasteiger partial charge in [0.1, 0.15) is 11.5 Å². The minimum Gasteiger partial charge on any atom is -0.542 e. The Kier molecular flexibility index (Phi) is 4.92. The highest BCUT2D eigenvalue weighted by atomic mass is 79.9. The second kappa shape index (κ2) is 5.77. The minimum absolute atomic E-state index is 0.0835. The molecule has 0 aliphatic rings. The Morgan fingerprint density at radius 2 is 1.95 bits per heavy atom. The summed E-state index contributed by atoms with van der Waals surface area (Å²) in [7, 11) is -0.612. The summed E-state index contributed by atoms with van der Waals surface area (Å²) in [5.74, 6) is 0.121. The second-order valence-corrected chi connectivity index (χ2v) is 11.8. The first-order valence-corrected chi connectivity index (χ1v) is 10.0. The van der Waals surface area contributed by atoms with E-state index in [1.165, 1.54) is 7.11 Å². The molecule has 0 saturated heterocycles. The molecular formula is C14H22BrNO3Si. The number of carbonyl (C=O) groups is 1. The molecule has 1 heterocycles. The van der Waals surface area contributed by atoms with Crippen molar-refractivity contribution < 1.29 is 14.0 Å². The molecular weight excluding hydrogens is 338 g/mol. The molecule has 0 saturated carbocycles. The van der Waals surface area contributed by atoms with Crippen molar-refractivity contribution in [2.75, 3.05) is 7.11 Å². The molecule has 0 atom stereocenters. The molecule has 0 aliphatic heterocycles. The van der Waals surface area contributed by atoms with Gasteiger partial charge in [-0.25, -0.2) is 4.79 Å². The first-order chi connectivity index (χ1) is 8.99. The first-order valence-electron chi connectivity index (χ1n) is 6.34. The molecule has 0 aromatic carbocycles. The van der Waals surface area contributed by atoms with E-state index in [0.717, 1.165) is 4.47 Å². The number of H-pyrrole nitrogens is 1. The van der Waals surface area contributed by atoms with Crippen LogP contribution in [0.2, 0.25) is 18.1 Å². The Morgan fingerprint density at radius 1 is 1.40 bits per heavy atom. The van der Waals surface area contributed by atoms with Gasteiger partial charge < -0.3 is 14.1 Å². The zero-order valence-electron chi connectivity index (χ0n) is 12.9. The van der Waals surface area contributed by atoms with Crippen molar-refractivity contribution in [2.24, 2.45) is 0 Å². The molecule has 1 N–H and O–H groups in total. The molecule has 0 fully saturated rings. The molecule has 4 nitrogen and oxygen atoms in total. The third-order valence-electron chi connectivity index (χ3n) is 3.64. The number of aromatic amines is 1. The molecule has 0 unspecified atom stereocenters. The van der Waals surface area contributed by atoms with Crippen LogP contribution in [0.25, 0.3) is 5.76 Å². The third-order valence-corrected chi connectivity index (χ3v) is 8.63. The van der Waals surface area contributed by atoms with Crippen LogP contribution in [0.1, 0.15) is 37.0 Å². The van der Waals surface area contributed by atoms with Crippen LogP contribution in [-0.2, 0) is 9.16 Å². The van der Waals surface area contributed by atoms with Crippen LogP contribution in [-0.4, -0.2) is 26.4 Å². The molecule has 20 heavy (non-hydrogen) atoms. The predicted octanol–water partition coefficient (Wildman–Crippen LogP) is 4.56. The maximum Gasteiger partial charge on any atom is 0.354 e. The van der Waals surface area contributed by atoms with Crippen LogP contribution < -0.4 is 0 Å². The van der Waals surface area contributed by atoms with Crippen molar-refractivity contribution in [1.29, 1.82) is 0 Å². The zero-order valence-corrected chi connectivity index (χ0v) is 15.5. The van der Waals surface area contributed by atoms with Gasteiger partial charge in [-0.3, -0.25) is 0 Å². The molecule has 1 aromatic heterocycles. The van der Waals surface area contributed by atoms with Gasteiger partial charge in [0.2, 0.25) is 0 Å². The van der Waals surface area contributed by atoms with Crippen LogP contribution in [0, 0.1) is 0 Å². The number of methoxy groups -OCH3 is 1. The Morgan fingerprint density at radius 3 is 2.40 bits per heavy atom. The van der Waals surface area contributed by atoms with E-state index in [2.05, 4.69) is 66.1 Å². The number of esters is 1. The van der Waals surface area contributed by atoms with Crippen LogP contribution in [0.4, 0.5) is 0 Å². The van der Waals surface area contributed by atoms with Crippen molar-refractivity contribution >= 4 is 36.0 Å². The quantitative estimate of drug-likeness (QED) is 0.487. The number of hydrogen-bond acceptors (Lipinski definition) is 3. The van der Waals surface area contributed by atoms with E-state index < -0.39 is 14.3 Å². The Hall–Kier alpha value is -1.01. The van der Waals surface area contributed by atoms with Crippen molar-refractivity contribution in [1.82, 2.24) is 4.98 Å². The number of hydrogen-bond donors (Lipinski definition) is 1. The highest BCUT2D eigenvalue weighted by Gasteiger charge is 2.39. The molecule has 1 rings (SSSR count). The average molecular weight is 360 g/mol. The molecule has 0 spiro atoms. The van der Waals surface area contributed by atoms with Gasteiger partial charge >= 0.3 is 5.97 Å². The number of aromatic nitrogens is 1. The lowest BCUT2D eigenvalue weighted by Crippen LogP contribution is -2.40. The fraction of sp³-hybridized carbons (Fsp3) is 0.500. The van der Waals surface area contributed by atoms with E-state index in [4.69, 9.17) is 4.43 Å². The van der Waals surface area contributed by atoms with E-state index >= 15 is 0 Å². The molecule has 1 aromatic rings. The van der Waals surface area contributed by atoms with Gasteiger partial charge in [0, 0.05) is 4.47 Å². The Balaban J connectivity index is 3.00. The smallest absolute Gasteiger partial charge is 0.354 e. The van der Waals surface area contributed by atoms with Crippen LogP contribution >= 0.6 is 15.9 Å². The zero-order chi connectivity index (χ0) is 15.7. The molecule has 0 aliphatic carbocycles. The number of ether oxygens (including phenoxy) is 1. The summed E-state index contributed by atoms with van der Waals surface area (Å²) in [4.78, 5) is 14.5. The SMILES string of the molecule is C=C(O[Si](C)(C)C(C)(C)C)c1[nH]c(C(=O)OC)cc1Br. The van der Waals surface area contributed by atoms with E-state index in [-0.39, 0.29) is 5.04 Å². The highest BCUT2D eigenvalue weighted by molar-refractivity contribution is 9.10. The maximum absolute atomic E-state index is 11.5. The van der Waals surface area contributed by atoms with Crippen molar-refractivity contribution in [3.63, 3.8) is 0 Å². The Labute approximate surface area is 129 Å². The van der Waals surface area contributed by atoms with Gasteiger partial charge in [0.25, 0.3) is 8.32 Å². The van der Waals surface area contributed by atoms with E-state index in [0.29, 0.717) is 17.1 Å². The van der Waals surface area contributed by atoms with Gasteiger partial charge in [-0.05, 0) is 40.1 Å². The fourth-order valence-electron chi connectivity index (χ4n) is 1.36. The lowest BCUT2D eigenvalue weighted by molar-refractivity contribution is 0.0594. The van der Waals surface area contributed by atoms with E-state index in [9.17, 15) is 4.79 Å². The van der Waals surface area contributed by atoms with Crippen molar-refractivity contribution in [3.8, 4) is 0 Å². The van der Waals surface area contributed by atoms with Gasteiger partial charge in [-0.15, -0.1) is 0 Å². The highest BCUT2D eigenvalue weighted by Crippen LogP contribution is 2.39. The monoisotopic (exact) mass is 359 g/mol. The second-order valence-electron chi connectivity index (χ2n) is 6.18. The number of halogens is 1. The lowest BCUT2D eigenvalue weighted by atomic mass is 10.2. The number of rotatable bonds is 4. The summed E-state index contributed by atoms with van der Waals surface area (Å²) in [5.41, 5.74) is 1.05. The third kappa shape index (κ3) is 3.55. The predicted molar refractivity (Wildman–Crippen MR) is 87.1 cm³/mol. The Bertz CT molecular complexity index is 529. The topological polar surface area (TPSA) is 51.3 Å². The summed E-state index contributed by atoms with van der Waals surface area (Å²) in [6, 6.07) is 1.67. The maximum atomic E-state index is 11.5. The standard InChI is InChI=1S/C14H22BrNO3Si/c1-9(19-20(6,7)14(2,3)4)12-10(15)8-11(16-12)13(17)18-5/h8,16H,1H2,2-7H3. The van der Waals surface area contributed by atoms with Crippen LogP contribution in [0.3, 0.4) is 0 Å². The van der Waals surface area contributed by atoms with Crippen LogP contribution in [0.15, 0.2) is 17.1 Å². The van der Waals surface area contributed by atoms with Gasteiger partial charge in [-0.2, -0.15) is 0 Å². The van der Waals surface area contributed by atoms with Gasteiger partial charge in [0.15, 0.2) is 0 Å². The molecule has 112 valence electrons. The lowest BCUT2D eigenvalue weighted by Gasteiger charge is -2.36. The van der Waals surface area contributed by atoms with Gasteiger partial charge in [-0.1, -0.05) is 27.4 Å². The van der Waals surface area contributed by atoms with E-state index in [1.54, 1.807) is 6.07 Å². The first kappa shape index (κ1) is 17.0. The molecule has 0 bridgehead atoms. The van der Waals surface area contributed by atoms with E-state index in [1.807, 2.05) is 0 Å². The largest absolute Gasteiger partial charge is 0.542 e. The summed E-state index contributed by atoms with van der Waals surface area (Å²) >= 11 is 3.41. The average Bonchev–Trinajstić information content (AvgIpc) is 2.68. The minimum atomic E-state index is -1.96. The number of carbonyl (C=O) groups excluding carboxylic acids is 1. The van der Waals surface area contributed by atoms with Crippen molar-refractivity contribution in [2.45, 2.75) is 38.9 Å².